The lowest BCUT2D eigenvalue weighted by Crippen LogP contribution is -2.56. The SMILES string of the molecule is O=C1CCC(N2Cc3cc(OC[C@H]4CCCCN4CC4CC5(COC5)C4)ccc3C2=O)C(=O)N1. The second-order valence-corrected chi connectivity index (χ2v) is 10.9. The molecule has 182 valence electrons. The van der Waals surface area contributed by atoms with Crippen molar-refractivity contribution in [2.75, 3.05) is 32.9 Å². The molecule has 3 amide bonds. The smallest absolute Gasteiger partial charge is 0.255 e. The van der Waals surface area contributed by atoms with Crippen LogP contribution in [0.25, 0.3) is 0 Å². The van der Waals surface area contributed by atoms with Crippen LogP contribution in [0.1, 0.15) is 60.9 Å². The Morgan fingerprint density at radius 3 is 2.74 bits per heavy atom. The number of hydrogen-bond donors (Lipinski definition) is 1. The van der Waals surface area contributed by atoms with E-state index in [1.807, 2.05) is 18.2 Å². The van der Waals surface area contributed by atoms with Crippen molar-refractivity contribution in [1.29, 1.82) is 0 Å². The number of fused-ring (bicyclic) bond motifs is 1. The molecule has 6 rings (SSSR count). The molecule has 4 heterocycles. The van der Waals surface area contributed by atoms with Crippen LogP contribution in [-0.4, -0.2) is 72.5 Å². The lowest BCUT2D eigenvalue weighted by molar-refractivity contribution is -0.183. The van der Waals surface area contributed by atoms with Crippen molar-refractivity contribution in [1.82, 2.24) is 15.1 Å². The maximum atomic E-state index is 12.9. The Balaban J connectivity index is 1.06. The van der Waals surface area contributed by atoms with Crippen LogP contribution >= 0.6 is 0 Å². The molecule has 4 aliphatic heterocycles. The summed E-state index contributed by atoms with van der Waals surface area (Å²) in [5, 5.41) is 2.35. The summed E-state index contributed by atoms with van der Waals surface area (Å²) in [6, 6.07) is 5.46. The average Bonchev–Trinajstić information content (AvgIpc) is 3.09. The van der Waals surface area contributed by atoms with Gasteiger partial charge in [-0.05, 0) is 68.3 Å². The quantitative estimate of drug-likeness (QED) is 0.645. The van der Waals surface area contributed by atoms with E-state index in [4.69, 9.17) is 9.47 Å². The second kappa shape index (κ2) is 8.64. The van der Waals surface area contributed by atoms with Crippen molar-refractivity contribution in [2.24, 2.45) is 11.3 Å². The van der Waals surface area contributed by atoms with E-state index in [1.165, 1.54) is 25.7 Å². The number of likely N-dealkylation sites (tertiary alicyclic amines) is 1. The molecule has 1 saturated carbocycles. The average molecular weight is 468 g/mol. The maximum absolute atomic E-state index is 12.9. The Bertz CT molecular complexity index is 998. The third-order valence-corrected chi connectivity index (χ3v) is 8.44. The third kappa shape index (κ3) is 4.01. The summed E-state index contributed by atoms with van der Waals surface area (Å²) >= 11 is 0. The fourth-order valence-corrected chi connectivity index (χ4v) is 6.57. The van der Waals surface area contributed by atoms with E-state index in [2.05, 4.69) is 10.2 Å². The first-order valence-corrected chi connectivity index (χ1v) is 12.7. The van der Waals surface area contributed by atoms with Gasteiger partial charge in [-0.1, -0.05) is 6.42 Å². The van der Waals surface area contributed by atoms with E-state index in [0.717, 1.165) is 50.0 Å². The van der Waals surface area contributed by atoms with Crippen molar-refractivity contribution >= 4 is 17.7 Å². The summed E-state index contributed by atoms with van der Waals surface area (Å²) in [5.41, 5.74) is 2.01. The molecule has 1 N–H and O–H groups in total. The number of carbonyl (C=O) groups excluding carboxylic acids is 3. The van der Waals surface area contributed by atoms with Crippen LogP contribution in [0.5, 0.6) is 5.75 Å². The van der Waals surface area contributed by atoms with Crippen molar-refractivity contribution in [2.45, 2.75) is 63.6 Å². The van der Waals surface area contributed by atoms with Crippen LogP contribution in [0.2, 0.25) is 0 Å². The molecule has 5 aliphatic rings. The maximum Gasteiger partial charge on any atom is 0.255 e. The zero-order valence-electron chi connectivity index (χ0n) is 19.6. The number of carbonyl (C=O) groups is 3. The van der Waals surface area contributed by atoms with Crippen LogP contribution in [0.15, 0.2) is 18.2 Å². The fourth-order valence-electron chi connectivity index (χ4n) is 6.57. The summed E-state index contributed by atoms with van der Waals surface area (Å²) < 4.78 is 11.7. The molecule has 3 saturated heterocycles. The van der Waals surface area contributed by atoms with Gasteiger partial charge in [0.25, 0.3) is 5.91 Å². The van der Waals surface area contributed by atoms with Gasteiger partial charge >= 0.3 is 0 Å². The number of nitrogens with one attached hydrogen (secondary N) is 1. The topological polar surface area (TPSA) is 88.2 Å². The minimum absolute atomic E-state index is 0.148. The molecule has 34 heavy (non-hydrogen) atoms. The van der Waals surface area contributed by atoms with Gasteiger partial charge in [-0.15, -0.1) is 0 Å². The number of imide groups is 1. The monoisotopic (exact) mass is 467 g/mol. The van der Waals surface area contributed by atoms with Gasteiger partial charge < -0.3 is 14.4 Å². The number of benzene rings is 1. The lowest BCUT2D eigenvalue weighted by Gasteiger charge is -2.55. The zero-order valence-corrected chi connectivity index (χ0v) is 19.6. The summed E-state index contributed by atoms with van der Waals surface area (Å²) in [7, 11) is 0. The standard InChI is InChI=1S/C26H33N3O5/c30-23-7-6-22(24(31)27-23)29-13-18-9-20(4-5-21(18)25(29)32)34-14-19-3-1-2-8-28(19)12-17-10-26(11-17)15-33-16-26/h4-5,9,17,19,22H,1-3,6-8,10-16H2,(H,27,30,31)/t19-,22?/m1/s1. The Hall–Kier alpha value is -2.45. The minimum atomic E-state index is -0.588. The number of piperidine rings is 2. The number of hydrogen-bond acceptors (Lipinski definition) is 6. The van der Waals surface area contributed by atoms with Crippen LogP contribution < -0.4 is 10.1 Å². The summed E-state index contributed by atoms with van der Waals surface area (Å²) in [6.07, 6.45) is 6.91. The molecule has 0 bridgehead atoms. The molecule has 1 unspecified atom stereocenters. The molecular weight excluding hydrogens is 434 g/mol. The predicted molar refractivity (Wildman–Crippen MR) is 123 cm³/mol. The number of nitrogens with zero attached hydrogens (tertiary/aromatic N) is 2. The summed E-state index contributed by atoms with van der Waals surface area (Å²) in [5.74, 6) is 0.759. The van der Waals surface area contributed by atoms with Gasteiger partial charge in [-0.3, -0.25) is 24.6 Å². The van der Waals surface area contributed by atoms with Gasteiger partial charge in [-0.2, -0.15) is 0 Å². The fraction of sp³-hybridized carbons (Fsp3) is 0.654. The van der Waals surface area contributed by atoms with Crippen LogP contribution in [0.4, 0.5) is 0 Å². The Kier molecular flexibility index (Phi) is 5.60. The molecule has 4 fully saturated rings. The Morgan fingerprint density at radius 1 is 1.12 bits per heavy atom. The molecule has 1 aliphatic carbocycles. The van der Waals surface area contributed by atoms with E-state index in [-0.39, 0.29) is 24.1 Å². The highest BCUT2D eigenvalue weighted by molar-refractivity contribution is 6.05. The predicted octanol–water partition coefficient (Wildman–Crippen LogP) is 2.11. The molecular formula is C26H33N3O5. The number of rotatable bonds is 6. The molecule has 0 radical (unpaired) electrons. The van der Waals surface area contributed by atoms with E-state index in [9.17, 15) is 14.4 Å². The molecule has 1 aromatic carbocycles. The highest BCUT2D eigenvalue weighted by Gasteiger charge is 2.50. The Labute approximate surface area is 199 Å². The van der Waals surface area contributed by atoms with Gasteiger partial charge in [0.2, 0.25) is 11.8 Å². The van der Waals surface area contributed by atoms with Gasteiger partial charge in [-0.25, -0.2) is 0 Å². The molecule has 8 heteroatoms. The van der Waals surface area contributed by atoms with Crippen LogP contribution in [-0.2, 0) is 20.9 Å². The zero-order chi connectivity index (χ0) is 23.3. The van der Waals surface area contributed by atoms with Crippen LogP contribution in [0.3, 0.4) is 0 Å². The summed E-state index contributed by atoms with van der Waals surface area (Å²) in [6.45, 7) is 5.25. The number of amides is 3. The first-order valence-electron chi connectivity index (χ1n) is 12.7. The van der Waals surface area contributed by atoms with Gasteiger partial charge in [0.15, 0.2) is 0 Å². The van der Waals surface area contributed by atoms with Crippen molar-refractivity contribution < 1.29 is 23.9 Å². The van der Waals surface area contributed by atoms with Crippen molar-refractivity contribution in [3.63, 3.8) is 0 Å². The largest absolute Gasteiger partial charge is 0.492 e. The first kappa shape index (κ1) is 22.0. The molecule has 0 aromatic heterocycles. The highest BCUT2D eigenvalue weighted by Crippen LogP contribution is 2.51. The van der Waals surface area contributed by atoms with E-state index in [0.29, 0.717) is 36.6 Å². The molecule has 2 atom stereocenters. The van der Waals surface area contributed by atoms with Crippen molar-refractivity contribution in [3.8, 4) is 5.75 Å². The summed E-state index contributed by atoms with van der Waals surface area (Å²) in [4.78, 5) is 40.8. The number of ether oxygens (including phenoxy) is 2. The second-order valence-electron chi connectivity index (χ2n) is 10.9. The molecule has 1 aromatic rings. The van der Waals surface area contributed by atoms with Gasteiger partial charge in [0, 0.05) is 36.5 Å². The van der Waals surface area contributed by atoms with Crippen molar-refractivity contribution in [3.05, 3.63) is 29.3 Å². The first-order chi connectivity index (χ1) is 16.5. The lowest BCUT2D eigenvalue weighted by atomic mass is 9.60. The van der Waals surface area contributed by atoms with Gasteiger partial charge in [0.05, 0.1) is 13.2 Å². The van der Waals surface area contributed by atoms with Gasteiger partial charge in [0.1, 0.15) is 18.4 Å². The normalized spacial score (nSPS) is 28.9. The molecule has 8 nitrogen and oxygen atoms in total. The van der Waals surface area contributed by atoms with Crippen LogP contribution in [0, 0.1) is 11.3 Å². The third-order valence-electron chi connectivity index (χ3n) is 8.44. The minimum Gasteiger partial charge on any atom is -0.492 e. The van der Waals surface area contributed by atoms with E-state index in [1.54, 1.807) is 4.90 Å². The molecule has 1 spiro atoms. The highest BCUT2D eigenvalue weighted by atomic mass is 16.5. The van der Waals surface area contributed by atoms with E-state index >= 15 is 0 Å². The Morgan fingerprint density at radius 2 is 1.97 bits per heavy atom. The van der Waals surface area contributed by atoms with E-state index < -0.39 is 6.04 Å².